The molecule has 27 heavy (non-hydrogen) atoms. The van der Waals surface area contributed by atoms with Gasteiger partial charge >= 0.3 is 12.0 Å². The van der Waals surface area contributed by atoms with Crippen LogP contribution in [-0.4, -0.2) is 41.2 Å². The summed E-state index contributed by atoms with van der Waals surface area (Å²) in [6, 6.07) is 7.34. The summed E-state index contributed by atoms with van der Waals surface area (Å²) >= 11 is 0. The van der Waals surface area contributed by atoms with Gasteiger partial charge < -0.3 is 10.1 Å². The summed E-state index contributed by atoms with van der Waals surface area (Å²) in [7, 11) is 0. The average molecular weight is 370 g/mol. The highest BCUT2D eigenvalue weighted by atomic mass is 16.5. The van der Waals surface area contributed by atoms with Crippen LogP contribution in [0.25, 0.3) is 0 Å². The topological polar surface area (TPSA) is 92.8 Å². The van der Waals surface area contributed by atoms with Crippen LogP contribution < -0.4 is 5.32 Å². The van der Waals surface area contributed by atoms with Crippen molar-refractivity contribution in [1.29, 1.82) is 0 Å². The minimum atomic E-state index is -0.916. The summed E-state index contributed by atoms with van der Waals surface area (Å²) < 4.78 is 4.98. The number of urea groups is 1. The highest BCUT2D eigenvalue weighted by Gasteiger charge is 2.43. The number of ether oxygens (including phenoxy) is 1. The Hall–Kier alpha value is -2.96. The number of rotatable bonds is 5. The van der Waals surface area contributed by atoms with Crippen LogP contribution in [0, 0.1) is 0 Å². The first-order chi connectivity index (χ1) is 13.0. The lowest BCUT2D eigenvalue weighted by molar-refractivity contribution is -0.138. The third-order valence-electron chi connectivity index (χ3n) is 4.82. The minimum absolute atomic E-state index is 0.0478. The van der Waals surface area contributed by atoms with E-state index < -0.39 is 29.3 Å². The Morgan fingerprint density at radius 3 is 2.41 bits per heavy atom. The SMILES string of the molecule is CCOC(=O)C(C(=O)c1ccccc1)=C1NC(=O)N(C2CCCCC2)C1=O. The van der Waals surface area contributed by atoms with Gasteiger partial charge in [-0.3, -0.25) is 14.5 Å². The molecule has 0 aromatic heterocycles. The van der Waals surface area contributed by atoms with Crippen LogP contribution in [0.15, 0.2) is 41.6 Å². The normalized spacial score (nSPS) is 19.7. The van der Waals surface area contributed by atoms with Crippen molar-refractivity contribution in [2.45, 2.75) is 45.1 Å². The highest BCUT2D eigenvalue weighted by Crippen LogP contribution is 2.28. The molecule has 2 aliphatic rings. The lowest BCUT2D eigenvalue weighted by Gasteiger charge is -2.28. The predicted molar refractivity (Wildman–Crippen MR) is 96.7 cm³/mol. The molecule has 3 rings (SSSR count). The van der Waals surface area contributed by atoms with Crippen LogP contribution in [-0.2, 0) is 14.3 Å². The number of hydrogen-bond donors (Lipinski definition) is 1. The summed E-state index contributed by atoms with van der Waals surface area (Å²) in [6.07, 6.45) is 4.41. The van der Waals surface area contributed by atoms with Gasteiger partial charge in [0.25, 0.3) is 5.91 Å². The maximum Gasteiger partial charge on any atom is 0.344 e. The summed E-state index contributed by atoms with van der Waals surface area (Å²) in [6.45, 7) is 1.66. The zero-order valence-corrected chi connectivity index (χ0v) is 15.2. The smallest absolute Gasteiger partial charge is 0.344 e. The van der Waals surface area contributed by atoms with Gasteiger partial charge in [0.15, 0.2) is 0 Å². The largest absolute Gasteiger partial charge is 0.462 e. The van der Waals surface area contributed by atoms with Gasteiger partial charge in [-0.2, -0.15) is 0 Å². The average Bonchev–Trinajstić information content (AvgIpc) is 2.97. The van der Waals surface area contributed by atoms with Gasteiger partial charge in [-0.25, -0.2) is 9.59 Å². The third-order valence-corrected chi connectivity index (χ3v) is 4.82. The first-order valence-corrected chi connectivity index (χ1v) is 9.20. The number of Topliss-reactive ketones (excluding diaryl/α,β-unsaturated/α-hetero) is 1. The molecular weight excluding hydrogens is 348 g/mol. The molecule has 0 atom stereocenters. The first kappa shape index (κ1) is 18.8. The molecule has 0 unspecified atom stereocenters. The second-order valence-electron chi connectivity index (χ2n) is 6.56. The molecule has 1 heterocycles. The first-order valence-electron chi connectivity index (χ1n) is 9.20. The highest BCUT2D eigenvalue weighted by molar-refractivity contribution is 6.29. The van der Waals surface area contributed by atoms with Crippen LogP contribution in [0.1, 0.15) is 49.4 Å². The lowest BCUT2D eigenvalue weighted by atomic mass is 9.94. The minimum Gasteiger partial charge on any atom is -0.462 e. The van der Waals surface area contributed by atoms with Crippen molar-refractivity contribution in [1.82, 2.24) is 10.2 Å². The van der Waals surface area contributed by atoms with E-state index in [4.69, 9.17) is 4.74 Å². The lowest BCUT2D eigenvalue weighted by Crippen LogP contribution is -2.41. The second-order valence-corrected chi connectivity index (χ2v) is 6.56. The Morgan fingerprint density at radius 2 is 1.78 bits per heavy atom. The summed E-state index contributed by atoms with van der Waals surface area (Å²) in [4.78, 5) is 51.9. The summed E-state index contributed by atoms with van der Waals surface area (Å²) in [5.41, 5.74) is -0.483. The molecule has 0 spiro atoms. The van der Waals surface area contributed by atoms with Crippen LogP contribution >= 0.6 is 0 Å². The van der Waals surface area contributed by atoms with Gasteiger partial charge in [-0.05, 0) is 19.8 Å². The van der Waals surface area contributed by atoms with E-state index in [1.165, 1.54) is 0 Å². The molecule has 0 bridgehead atoms. The number of amides is 3. The molecule has 1 aromatic carbocycles. The van der Waals surface area contributed by atoms with Crippen LogP contribution in [0.4, 0.5) is 4.79 Å². The molecule has 7 nitrogen and oxygen atoms in total. The van der Waals surface area contributed by atoms with E-state index >= 15 is 0 Å². The second kappa shape index (κ2) is 8.16. The van der Waals surface area contributed by atoms with E-state index in [1.54, 1.807) is 37.3 Å². The van der Waals surface area contributed by atoms with Crippen molar-refractivity contribution in [2.24, 2.45) is 0 Å². The van der Waals surface area contributed by atoms with Crippen molar-refractivity contribution in [3.8, 4) is 0 Å². The van der Waals surface area contributed by atoms with E-state index in [1.807, 2.05) is 0 Å². The quantitative estimate of drug-likeness (QED) is 0.215. The molecule has 7 heteroatoms. The fourth-order valence-electron chi connectivity index (χ4n) is 3.52. The molecule has 1 aromatic rings. The number of benzene rings is 1. The number of carbonyl (C=O) groups is 4. The van der Waals surface area contributed by atoms with E-state index in [-0.39, 0.29) is 23.9 Å². The third kappa shape index (κ3) is 3.77. The summed E-state index contributed by atoms with van der Waals surface area (Å²) in [5, 5.41) is 2.44. The molecule has 1 saturated heterocycles. The number of esters is 1. The monoisotopic (exact) mass is 370 g/mol. The number of nitrogens with one attached hydrogen (secondary N) is 1. The van der Waals surface area contributed by atoms with Crippen molar-refractivity contribution in [3.05, 3.63) is 47.2 Å². The molecular formula is C20H22N2O5. The van der Waals surface area contributed by atoms with Gasteiger partial charge in [0.2, 0.25) is 5.78 Å². The standard InChI is InChI=1S/C20H22N2O5/c1-2-27-19(25)15(17(23)13-9-5-3-6-10-13)16-18(24)22(20(26)21-16)14-11-7-4-8-12-14/h3,5-6,9-10,14H,2,4,7-8,11-12H2,1H3,(H,21,26). The molecule has 1 aliphatic heterocycles. The molecule has 1 N–H and O–H groups in total. The zero-order valence-electron chi connectivity index (χ0n) is 15.2. The van der Waals surface area contributed by atoms with E-state index in [0.29, 0.717) is 0 Å². The Balaban J connectivity index is 2.00. The van der Waals surface area contributed by atoms with E-state index in [2.05, 4.69) is 5.32 Å². The fourth-order valence-corrected chi connectivity index (χ4v) is 3.52. The summed E-state index contributed by atoms with van der Waals surface area (Å²) in [5.74, 6) is -2.21. The molecule has 1 aliphatic carbocycles. The van der Waals surface area contributed by atoms with Crippen molar-refractivity contribution < 1.29 is 23.9 Å². The van der Waals surface area contributed by atoms with Crippen LogP contribution in [0.5, 0.6) is 0 Å². The maximum absolute atomic E-state index is 12.9. The van der Waals surface area contributed by atoms with Crippen molar-refractivity contribution >= 4 is 23.7 Å². The van der Waals surface area contributed by atoms with Crippen LogP contribution in [0.2, 0.25) is 0 Å². The number of carbonyl (C=O) groups excluding carboxylic acids is 4. The number of imide groups is 1. The Kier molecular flexibility index (Phi) is 5.69. The number of hydrogen-bond acceptors (Lipinski definition) is 5. The van der Waals surface area contributed by atoms with Gasteiger partial charge in [0.05, 0.1) is 6.61 Å². The molecule has 142 valence electrons. The fraction of sp³-hybridized carbons (Fsp3) is 0.400. The van der Waals surface area contributed by atoms with E-state index in [0.717, 1.165) is 37.0 Å². The molecule has 0 radical (unpaired) electrons. The predicted octanol–water partition coefficient (Wildman–Crippen LogP) is 2.57. The zero-order chi connectivity index (χ0) is 19.4. The van der Waals surface area contributed by atoms with Gasteiger partial charge in [0, 0.05) is 11.6 Å². The Bertz CT molecular complexity index is 794. The molecule has 3 amide bonds. The molecule has 2 fully saturated rings. The van der Waals surface area contributed by atoms with Gasteiger partial charge in [0.1, 0.15) is 11.3 Å². The number of ketones is 1. The Labute approximate surface area is 157 Å². The van der Waals surface area contributed by atoms with Crippen molar-refractivity contribution in [2.75, 3.05) is 6.61 Å². The van der Waals surface area contributed by atoms with E-state index in [9.17, 15) is 19.2 Å². The van der Waals surface area contributed by atoms with Crippen LogP contribution in [0.3, 0.4) is 0 Å². The van der Waals surface area contributed by atoms with Crippen molar-refractivity contribution in [3.63, 3.8) is 0 Å². The van der Waals surface area contributed by atoms with Gasteiger partial charge in [-0.15, -0.1) is 0 Å². The molecule has 1 saturated carbocycles. The maximum atomic E-state index is 12.9. The Morgan fingerprint density at radius 1 is 1.11 bits per heavy atom. The van der Waals surface area contributed by atoms with Gasteiger partial charge in [-0.1, -0.05) is 49.6 Å². The number of nitrogens with zero attached hydrogens (tertiary/aromatic N) is 1.